The van der Waals surface area contributed by atoms with Crippen LogP contribution in [0.4, 0.5) is 5.82 Å². The molecule has 0 bridgehead atoms. The second kappa shape index (κ2) is 21.7. The number of nitrogens with zero attached hydrogens (tertiary/aromatic N) is 4. The van der Waals surface area contributed by atoms with Crippen LogP contribution in [0.15, 0.2) is 36.9 Å². The number of carbonyl (C=O) groups excluding carboxylic acids is 5. The van der Waals surface area contributed by atoms with Crippen molar-refractivity contribution in [3.63, 3.8) is 0 Å². The number of amides is 2. The highest BCUT2D eigenvalue weighted by molar-refractivity contribution is 8.14. The Morgan fingerprint density at radius 1 is 0.968 bits per heavy atom. The molecule has 0 saturated carbocycles. The van der Waals surface area contributed by atoms with Gasteiger partial charge < -0.3 is 78.9 Å². The van der Waals surface area contributed by atoms with Gasteiger partial charge in [0.15, 0.2) is 23.5 Å². The summed E-state index contributed by atoms with van der Waals surface area (Å²) in [5.74, 6) is -3.64. The minimum atomic E-state index is -5.96. The number of hydrogen-bond acceptors (Lipinski definition) is 25. The first-order valence-corrected chi connectivity index (χ1v) is 23.5. The third-order valence-corrected chi connectivity index (χ3v) is 12.6. The summed E-state index contributed by atoms with van der Waals surface area (Å²) in [7, 11) is -17.7. The number of imidazole rings is 1. The van der Waals surface area contributed by atoms with E-state index >= 15 is 0 Å². The van der Waals surface area contributed by atoms with Crippen LogP contribution in [0, 0.1) is 5.41 Å². The van der Waals surface area contributed by atoms with E-state index in [1.807, 2.05) is 0 Å². The topological polar surface area (TPSA) is 432 Å². The lowest BCUT2D eigenvalue weighted by molar-refractivity contribution is -0.347. The highest BCUT2D eigenvalue weighted by Gasteiger charge is 2.47. The lowest BCUT2D eigenvalue weighted by Gasteiger charge is -2.36. The number of benzene rings is 1. The van der Waals surface area contributed by atoms with Gasteiger partial charge >= 0.3 is 0 Å². The average Bonchev–Trinajstić information content (AvgIpc) is 3.76. The summed E-state index contributed by atoms with van der Waals surface area (Å²) in [6.45, 7) is -0.353. The number of fused-ring (bicyclic) bond motifs is 1. The van der Waals surface area contributed by atoms with Crippen LogP contribution in [0.2, 0.25) is 0 Å². The van der Waals surface area contributed by atoms with Gasteiger partial charge in [-0.3, -0.25) is 32.9 Å². The fourth-order valence-electron chi connectivity index (χ4n) is 5.58. The van der Waals surface area contributed by atoms with Gasteiger partial charge in [0.1, 0.15) is 36.3 Å². The van der Waals surface area contributed by atoms with Crippen molar-refractivity contribution >= 4 is 80.9 Å². The van der Waals surface area contributed by atoms with Gasteiger partial charge in [0.05, 0.1) is 27.4 Å². The summed E-state index contributed by atoms with van der Waals surface area (Å²) in [4.78, 5) is 120. The number of ether oxygens (including phenoxy) is 1. The zero-order valence-electron chi connectivity index (χ0n) is 32.9. The number of carbonyl (C=O) groups is 5. The molecular weight excluding hydrogens is 927 g/mol. The number of rotatable bonds is 24. The molecule has 0 aliphatic carbocycles. The molecule has 27 nitrogen and oxygen atoms in total. The highest BCUT2D eigenvalue weighted by atomic mass is 32.2. The molecule has 7 atom stereocenters. The first-order chi connectivity index (χ1) is 29.3. The summed E-state index contributed by atoms with van der Waals surface area (Å²) in [6.07, 6.45) is -8.76. The molecule has 0 radical (unpaired) electrons. The van der Waals surface area contributed by atoms with Crippen molar-refractivity contribution in [2.75, 3.05) is 37.8 Å². The van der Waals surface area contributed by atoms with Crippen molar-refractivity contribution in [1.82, 2.24) is 30.2 Å². The van der Waals surface area contributed by atoms with Crippen molar-refractivity contribution in [2.45, 2.75) is 63.8 Å². The molecule has 3 heterocycles. The predicted molar refractivity (Wildman–Crippen MR) is 203 cm³/mol. The van der Waals surface area contributed by atoms with E-state index < -0.39 is 108 Å². The van der Waals surface area contributed by atoms with Crippen LogP contribution in [0.5, 0.6) is 0 Å². The number of aliphatic hydroxyl groups is 2. The van der Waals surface area contributed by atoms with E-state index in [-0.39, 0.29) is 59.8 Å². The molecule has 1 saturated heterocycles. The SMILES string of the molecule is CC(C)(COP(=O)([O-])OP(=O)([O-])OC[C@H]1O[C@@H](n2cnc3c(N)ncnc32)[C@H](O)[C@@H]1OP(=O)([O-])[O-])[C@@H](O)C(=O)NCCC(=O)NCCSC(=O)c1ccccc1C(=O)CCC(=O)[O-]. The summed E-state index contributed by atoms with van der Waals surface area (Å²) in [5.41, 5.74) is 4.08. The second-order valence-corrected chi connectivity index (χ2v) is 19.1. The molecule has 2 amide bonds. The Bertz CT molecular complexity index is 2310. The number of aromatic nitrogens is 4. The van der Waals surface area contributed by atoms with Crippen molar-refractivity contribution in [2.24, 2.45) is 5.41 Å². The first kappa shape index (κ1) is 51.6. The first-order valence-electron chi connectivity index (χ1n) is 18.1. The third-order valence-electron chi connectivity index (χ3n) is 8.71. The summed E-state index contributed by atoms with van der Waals surface area (Å²) in [6, 6.07) is 5.83. The standard InChI is InChI=1S/C32H44N7O20P3S/c1-32(2,26(45)29(46)35-10-9-21(41)34-11-12-63-31(47)18-6-4-3-5-17(18)19(40)7-8-22(42)43)14-56-62(53,54)59-61(51,52)55-13-20-25(58-60(48,49)50)24(44)30(57-20)39-16-38-23-27(33)36-15-37-28(23)39/h3-6,15-16,20,24-26,30,44-45H,7-14H2,1-2H3,(H,34,41)(H,35,46)(H,42,43)(H,51,52)(H,53,54)(H2,33,36,37)(H2,48,49,50)/p-5/t20-,24-,25-,26+,30-/m1/s1. The zero-order valence-corrected chi connectivity index (χ0v) is 36.4. The number of nitrogens with two attached hydrogens (primary N) is 1. The molecule has 3 aromatic rings. The van der Waals surface area contributed by atoms with Gasteiger partial charge in [0, 0.05) is 54.2 Å². The van der Waals surface area contributed by atoms with Crippen LogP contribution in [0.25, 0.3) is 11.2 Å². The van der Waals surface area contributed by atoms with Gasteiger partial charge in [-0.25, -0.2) is 19.3 Å². The maximum Gasteiger partial charge on any atom is 0.274 e. The Labute approximate surface area is 360 Å². The summed E-state index contributed by atoms with van der Waals surface area (Å²) < 4.78 is 60.6. The van der Waals surface area contributed by atoms with Crippen molar-refractivity contribution in [3.05, 3.63) is 48.0 Å². The number of Topliss-reactive ketones (excluding diaryl/α,β-unsaturated/α-hetero) is 1. The van der Waals surface area contributed by atoms with Gasteiger partial charge in [-0.05, 0) is 12.5 Å². The third kappa shape index (κ3) is 15.0. The largest absolute Gasteiger partial charge is 0.790 e. The number of aliphatic carboxylic acids is 1. The number of ketones is 1. The quantitative estimate of drug-likeness (QED) is 0.0326. The number of carboxylic acid groups (broad SMARTS) is 1. The number of phosphoric ester groups is 3. The molecule has 1 aromatic carbocycles. The van der Waals surface area contributed by atoms with Crippen LogP contribution < -0.4 is 41.0 Å². The Hall–Kier alpha value is -4.08. The number of thioether (sulfide) groups is 1. The maximum absolute atomic E-state index is 12.7. The molecule has 0 spiro atoms. The minimum absolute atomic E-state index is 0.00902. The fraction of sp³-hybridized carbons (Fsp3) is 0.500. The molecule has 2 unspecified atom stereocenters. The normalized spacial score (nSPS) is 20.4. The van der Waals surface area contributed by atoms with Crippen LogP contribution in [0.1, 0.15) is 60.1 Å². The highest BCUT2D eigenvalue weighted by Crippen LogP contribution is 2.56. The van der Waals surface area contributed by atoms with Crippen LogP contribution in [-0.2, 0) is 50.7 Å². The van der Waals surface area contributed by atoms with Crippen LogP contribution in [0.3, 0.4) is 0 Å². The molecule has 1 aliphatic heterocycles. The van der Waals surface area contributed by atoms with Gasteiger partial charge in [0.25, 0.3) is 15.6 Å². The molecular formula is C32H39N7O20P3S-5. The Morgan fingerprint density at radius 3 is 2.30 bits per heavy atom. The number of nitrogen functional groups attached to an aromatic ring is 1. The minimum Gasteiger partial charge on any atom is -0.790 e. The van der Waals surface area contributed by atoms with Crippen molar-refractivity contribution in [3.8, 4) is 0 Å². The number of phosphoric acid groups is 3. The zero-order chi connectivity index (χ0) is 46.9. The average molecular weight is 967 g/mol. The number of aliphatic hydroxyl groups excluding tert-OH is 2. The van der Waals surface area contributed by atoms with Gasteiger partial charge in [-0.2, -0.15) is 0 Å². The summed E-state index contributed by atoms with van der Waals surface area (Å²) in [5, 5.41) is 36.4. The van der Waals surface area contributed by atoms with E-state index in [1.165, 1.54) is 24.3 Å². The molecule has 348 valence electrons. The molecule has 1 fully saturated rings. The molecule has 6 N–H and O–H groups in total. The molecule has 2 aromatic heterocycles. The lowest BCUT2D eigenvalue weighted by Crippen LogP contribution is -2.46. The van der Waals surface area contributed by atoms with Crippen molar-refractivity contribution < 1.29 is 95.2 Å². The van der Waals surface area contributed by atoms with E-state index in [4.69, 9.17) is 10.5 Å². The number of carboxylic acids is 1. The van der Waals surface area contributed by atoms with E-state index in [2.05, 4.69) is 43.5 Å². The van der Waals surface area contributed by atoms with Gasteiger partial charge in [-0.15, -0.1) is 0 Å². The number of hydrogen-bond donors (Lipinski definition) is 5. The Kier molecular flexibility index (Phi) is 17.8. The summed E-state index contributed by atoms with van der Waals surface area (Å²) >= 11 is 0.787. The Balaban J connectivity index is 1.21. The number of nitrogens with one attached hydrogen (secondary N) is 2. The smallest absolute Gasteiger partial charge is 0.274 e. The van der Waals surface area contributed by atoms with Crippen LogP contribution >= 0.6 is 35.2 Å². The molecule has 4 rings (SSSR count). The Morgan fingerprint density at radius 2 is 1.63 bits per heavy atom. The van der Waals surface area contributed by atoms with Crippen LogP contribution in [-0.4, -0.2) is 115 Å². The van der Waals surface area contributed by atoms with E-state index in [0.29, 0.717) is 0 Å². The molecule has 1 aliphatic rings. The second-order valence-electron chi connectivity index (χ2n) is 14.0. The molecule has 63 heavy (non-hydrogen) atoms. The van der Waals surface area contributed by atoms with Gasteiger partial charge in [0.2, 0.25) is 16.9 Å². The van der Waals surface area contributed by atoms with E-state index in [9.17, 15) is 72.6 Å². The van der Waals surface area contributed by atoms with Gasteiger partial charge in [-0.1, -0.05) is 43.8 Å². The van der Waals surface area contributed by atoms with E-state index in [0.717, 1.165) is 42.8 Å². The molecule has 31 heteroatoms. The lowest BCUT2D eigenvalue weighted by atomic mass is 9.87. The monoisotopic (exact) mass is 966 g/mol. The fourth-order valence-corrected chi connectivity index (χ4v) is 9.04. The maximum atomic E-state index is 12.7. The predicted octanol–water partition coefficient (Wildman–Crippen LogP) is -3.84. The van der Waals surface area contributed by atoms with E-state index in [1.54, 1.807) is 0 Å². The van der Waals surface area contributed by atoms with Crippen molar-refractivity contribution in [1.29, 1.82) is 0 Å². The number of anilines is 1.